The minimum absolute atomic E-state index is 0.00616. The fourth-order valence-electron chi connectivity index (χ4n) is 4.15. The van der Waals surface area contributed by atoms with Gasteiger partial charge in [-0.1, -0.05) is 5.21 Å². The molecule has 2 aliphatic heterocycles. The first-order valence-corrected chi connectivity index (χ1v) is 9.74. The fourth-order valence-corrected chi connectivity index (χ4v) is 4.15. The van der Waals surface area contributed by atoms with Gasteiger partial charge in [-0.25, -0.2) is 0 Å². The van der Waals surface area contributed by atoms with Gasteiger partial charge in [0.25, 0.3) is 0 Å². The van der Waals surface area contributed by atoms with Gasteiger partial charge in [-0.2, -0.15) is 0 Å². The van der Waals surface area contributed by atoms with Gasteiger partial charge in [-0.3, -0.25) is 14.3 Å². The number of ether oxygens (including phenoxy) is 1. The number of hydrogen-bond acceptors (Lipinski definition) is 5. The Labute approximate surface area is 164 Å². The molecule has 0 aliphatic carbocycles. The number of nitrogens with zero attached hydrogens (tertiary/aromatic N) is 5. The van der Waals surface area contributed by atoms with Crippen LogP contribution in [0.4, 0.5) is 5.69 Å². The molecule has 0 spiro atoms. The van der Waals surface area contributed by atoms with Crippen molar-refractivity contribution in [2.24, 2.45) is 5.92 Å². The van der Waals surface area contributed by atoms with Crippen LogP contribution in [0.25, 0.3) is 0 Å². The van der Waals surface area contributed by atoms with E-state index in [1.54, 1.807) is 22.9 Å². The molecule has 2 saturated heterocycles. The van der Waals surface area contributed by atoms with Gasteiger partial charge in [0.15, 0.2) is 0 Å². The van der Waals surface area contributed by atoms with Crippen LogP contribution < -0.4 is 9.64 Å². The summed E-state index contributed by atoms with van der Waals surface area (Å²) < 4.78 is 6.95. The number of methoxy groups -OCH3 is 1. The van der Waals surface area contributed by atoms with E-state index < -0.39 is 0 Å². The average Bonchev–Trinajstić information content (AvgIpc) is 3.37. The van der Waals surface area contributed by atoms with Crippen LogP contribution >= 0.6 is 0 Å². The predicted octanol–water partition coefficient (Wildman–Crippen LogP) is 1.72. The molecular formula is C20H25N5O3. The first-order valence-electron chi connectivity index (χ1n) is 9.74. The van der Waals surface area contributed by atoms with E-state index in [0.717, 1.165) is 37.2 Å². The quantitative estimate of drug-likeness (QED) is 0.785. The number of rotatable bonds is 5. The largest absolute Gasteiger partial charge is 0.497 e. The molecule has 28 heavy (non-hydrogen) atoms. The minimum atomic E-state index is -0.300. The Hall–Kier alpha value is -2.90. The smallest absolute Gasteiger partial charge is 0.228 e. The Kier molecular flexibility index (Phi) is 5.27. The van der Waals surface area contributed by atoms with E-state index in [2.05, 4.69) is 10.3 Å². The molecule has 8 nitrogen and oxygen atoms in total. The predicted molar refractivity (Wildman–Crippen MR) is 103 cm³/mol. The maximum absolute atomic E-state index is 13.2. The Morgan fingerprint density at radius 3 is 2.79 bits per heavy atom. The zero-order valence-electron chi connectivity index (χ0n) is 16.0. The molecular weight excluding hydrogens is 358 g/mol. The summed E-state index contributed by atoms with van der Waals surface area (Å²) in [5, 5.41) is 7.89. The van der Waals surface area contributed by atoms with E-state index in [-0.39, 0.29) is 30.2 Å². The summed E-state index contributed by atoms with van der Waals surface area (Å²) in [6.45, 7) is 1.82. The Morgan fingerprint density at radius 2 is 2.07 bits per heavy atom. The first-order chi connectivity index (χ1) is 13.7. The van der Waals surface area contributed by atoms with Crippen LogP contribution in [0.15, 0.2) is 36.7 Å². The van der Waals surface area contributed by atoms with E-state index in [0.29, 0.717) is 13.1 Å². The van der Waals surface area contributed by atoms with Gasteiger partial charge in [0.2, 0.25) is 11.8 Å². The van der Waals surface area contributed by atoms with Gasteiger partial charge in [-0.15, -0.1) is 5.10 Å². The van der Waals surface area contributed by atoms with E-state index in [9.17, 15) is 9.59 Å². The SMILES string of the molecule is COc1ccc(N2CC(C(=O)N3CCCCC3Cn3ccnn3)CC2=O)cc1. The second kappa shape index (κ2) is 8.00. The van der Waals surface area contributed by atoms with Crippen molar-refractivity contribution in [2.75, 3.05) is 25.1 Å². The maximum Gasteiger partial charge on any atom is 0.228 e. The normalized spacial score (nSPS) is 22.5. The van der Waals surface area contributed by atoms with Crippen molar-refractivity contribution in [3.05, 3.63) is 36.7 Å². The summed E-state index contributed by atoms with van der Waals surface area (Å²) in [4.78, 5) is 29.5. The number of hydrogen-bond donors (Lipinski definition) is 0. The number of carbonyl (C=O) groups excluding carboxylic acids is 2. The van der Waals surface area contributed by atoms with Crippen molar-refractivity contribution in [3.63, 3.8) is 0 Å². The summed E-state index contributed by atoms with van der Waals surface area (Å²) in [5.41, 5.74) is 0.805. The van der Waals surface area contributed by atoms with Crippen LogP contribution in [0.2, 0.25) is 0 Å². The molecule has 0 saturated carbocycles. The van der Waals surface area contributed by atoms with Gasteiger partial charge < -0.3 is 14.5 Å². The Morgan fingerprint density at radius 1 is 1.25 bits per heavy atom. The average molecular weight is 383 g/mol. The molecule has 2 aromatic rings. The molecule has 3 heterocycles. The van der Waals surface area contributed by atoms with Gasteiger partial charge in [0.1, 0.15) is 5.75 Å². The molecule has 2 atom stereocenters. The van der Waals surface area contributed by atoms with Gasteiger partial charge in [-0.05, 0) is 43.5 Å². The van der Waals surface area contributed by atoms with E-state index in [4.69, 9.17) is 4.74 Å². The molecule has 148 valence electrons. The minimum Gasteiger partial charge on any atom is -0.497 e. The molecule has 4 rings (SSSR count). The number of piperidine rings is 1. The van der Waals surface area contributed by atoms with Crippen molar-refractivity contribution in [2.45, 2.75) is 38.3 Å². The van der Waals surface area contributed by atoms with E-state index in [1.165, 1.54) is 0 Å². The molecule has 1 aromatic heterocycles. The third kappa shape index (κ3) is 3.72. The fraction of sp³-hybridized carbons (Fsp3) is 0.500. The van der Waals surface area contributed by atoms with Gasteiger partial charge in [0, 0.05) is 31.4 Å². The second-order valence-corrected chi connectivity index (χ2v) is 7.41. The number of anilines is 1. The standard InChI is InChI=1S/C20H25N5O3/c1-28-18-7-5-16(6-8-18)25-13-15(12-19(25)26)20(27)24-10-3-2-4-17(24)14-23-11-9-21-22-23/h5-9,11,15,17H,2-4,10,12-14H2,1H3. The molecule has 1 aromatic carbocycles. The Balaban J connectivity index is 1.45. The maximum atomic E-state index is 13.2. The summed E-state index contributed by atoms with van der Waals surface area (Å²) >= 11 is 0. The highest BCUT2D eigenvalue weighted by Gasteiger charge is 2.39. The number of amides is 2. The lowest BCUT2D eigenvalue weighted by atomic mass is 9.98. The van der Waals surface area contributed by atoms with Crippen LogP contribution in [0, 0.1) is 5.92 Å². The van der Waals surface area contributed by atoms with Crippen molar-refractivity contribution >= 4 is 17.5 Å². The lowest BCUT2D eigenvalue weighted by Crippen LogP contribution is -2.48. The highest BCUT2D eigenvalue weighted by molar-refractivity contribution is 6.00. The highest BCUT2D eigenvalue weighted by Crippen LogP contribution is 2.29. The third-order valence-electron chi connectivity index (χ3n) is 5.64. The van der Waals surface area contributed by atoms with Gasteiger partial charge in [0.05, 0.1) is 31.8 Å². The summed E-state index contributed by atoms with van der Waals surface area (Å²) in [7, 11) is 1.61. The topological polar surface area (TPSA) is 80.6 Å². The summed E-state index contributed by atoms with van der Waals surface area (Å²) in [5.74, 6) is 0.515. The molecule has 0 bridgehead atoms. The molecule has 2 amide bonds. The summed E-state index contributed by atoms with van der Waals surface area (Å²) in [6.07, 6.45) is 6.79. The molecule has 2 aliphatic rings. The van der Waals surface area contributed by atoms with E-state index in [1.807, 2.05) is 35.4 Å². The van der Waals surface area contributed by atoms with Crippen molar-refractivity contribution in [1.29, 1.82) is 0 Å². The monoisotopic (exact) mass is 383 g/mol. The highest BCUT2D eigenvalue weighted by atomic mass is 16.5. The number of likely N-dealkylation sites (tertiary alicyclic amines) is 1. The molecule has 2 unspecified atom stereocenters. The van der Waals surface area contributed by atoms with Crippen molar-refractivity contribution in [1.82, 2.24) is 19.9 Å². The van der Waals surface area contributed by atoms with Crippen LogP contribution in [-0.2, 0) is 16.1 Å². The third-order valence-corrected chi connectivity index (χ3v) is 5.64. The van der Waals surface area contributed by atoms with Crippen LogP contribution in [0.5, 0.6) is 5.75 Å². The number of aromatic nitrogens is 3. The van der Waals surface area contributed by atoms with Crippen molar-refractivity contribution < 1.29 is 14.3 Å². The molecule has 0 radical (unpaired) electrons. The van der Waals surface area contributed by atoms with E-state index >= 15 is 0 Å². The molecule has 2 fully saturated rings. The molecule has 8 heteroatoms. The van der Waals surface area contributed by atoms with Crippen LogP contribution in [0.3, 0.4) is 0 Å². The van der Waals surface area contributed by atoms with Crippen LogP contribution in [-0.4, -0.2) is 57.9 Å². The number of carbonyl (C=O) groups is 2. The zero-order chi connectivity index (χ0) is 19.5. The summed E-state index contributed by atoms with van der Waals surface area (Å²) in [6, 6.07) is 7.48. The van der Waals surface area contributed by atoms with Crippen LogP contribution in [0.1, 0.15) is 25.7 Å². The lowest BCUT2D eigenvalue weighted by molar-refractivity contribution is -0.139. The van der Waals surface area contributed by atoms with Crippen molar-refractivity contribution in [3.8, 4) is 5.75 Å². The lowest BCUT2D eigenvalue weighted by Gasteiger charge is -2.37. The zero-order valence-corrected chi connectivity index (χ0v) is 16.0. The second-order valence-electron chi connectivity index (χ2n) is 7.41. The number of benzene rings is 1. The van der Waals surface area contributed by atoms with Gasteiger partial charge >= 0.3 is 0 Å². The Bertz CT molecular complexity index is 821. The first kappa shape index (κ1) is 18.5. The molecule has 0 N–H and O–H groups in total.